The van der Waals surface area contributed by atoms with E-state index >= 15 is 0 Å². The molecule has 0 spiro atoms. The quantitative estimate of drug-likeness (QED) is 0.0273. The molecule has 8 nitrogen and oxygen atoms in total. The van der Waals surface area contributed by atoms with E-state index in [4.69, 9.17) is 24.3 Å². The maximum absolute atomic E-state index is 12.4. The number of ether oxygens (including phenoxy) is 2. The van der Waals surface area contributed by atoms with E-state index in [2.05, 4.69) is 38.2 Å². The second-order valence-corrected chi connectivity index (χ2v) is 16.0. The molecule has 9 heteroatoms. The van der Waals surface area contributed by atoms with Gasteiger partial charge in [-0.2, -0.15) is 0 Å². The molecule has 0 rings (SSSR count). The van der Waals surface area contributed by atoms with Gasteiger partial charge in [0, 0.05) is 19.6 Å². The zero-order chi connectivity index (χ0) is 38.1. The first-order valence-electron chi connectivity index (χ1n) is 21.8. The number of unbranched alkanes of at least 4 members (excludes halogenated alkanes) is 25. The molecule has 52 heavy (non-hydrogen) atoms. The largest absolute Gasteiger partial charge is 0.472 e. The normalized spacial score (nSPS) is 13.7. The third-order valence-electron chi connectivity index (χ3n) is 9.37. The molecule has 0 bridgehead atoms. The Morgan fingerprint density at radius 1 is 0.577 bits per heavy atom. The van der Waals surface area contributed by atoms with Crippen molar-refractivity contribution < 1.29 is 32.8 Å². The van der Waals surface area contributed by atoms with E-state index in [-0.39, 0.29) is 32.3 Å². The molecular weight excluding hydrogens is 673 g/mol. The molecule has 0 aromatic heterocycles. The van der Waals surface area contributed by atoms with E-state index < -0.39 is 13.9 Å². The SMILES string of the molecule is CCCCCCC/C=C\C/C=C\CCCCCCCCCCCCCCCCOCC(COP(=O)(O)OCCN)OC(=O)CCCCCCCCC. The van der Waals surface area contributed by atoms with Crippen molar-refractivity contribution in [3.05, 3.63) is 24.3 Å². The zero-order valence-corrected chi connectivity index (χ0v) is 35.0. The highest BCUT2D eigenvalue weighted by Crippen LogP contribution is 2.43. The first-order valence-corrected chi connectivity index (χ1v) is 23.3. The van der Waals surface area contributed by atoms with Gasteiger partial charge in [0.15, 0.2) is 0 Å². The molecule has 0 aromatic carbocycles. The van der Waals surface area contributed by atoms with Crippen molar-refractivity contribution >= 4 is 13.8 Å². The van der Waals surface area contributed by atoms with Crippen LogP contribution in [0, 0.1) is 0 Å². The van der Waals surface area contributed by atoms with E-state index in [9.17, 15) is 14.3 Å². The van der Waals surface area contributed by atoms with E-state index in [0.717, 1.165) is 38.5 Å². The maximum Gasteiger partial charge on any atom is 0.472 e. The van der Waals surface area contributed by atoms with Crippen LogP contribution in [-0.4, -0.2) is 49.9 Å². The van der Waals surface area contributed by atoms with Gasteiger partial charge in [-0.05, 0) is 44.9 Å². The van der Waals surface area contributed by atoms with Gasteiger partial charge in [0.2, 0.25) is 0 Å². The summed E-state index contributed by atoms with van der Waals surface area (Å²) in [4.78, 5) is 22.3. The van der Waals surface area contributed by atoms with Crippen LogP contribution in [-0.2, 0) is 27.9 Å². The van der Waals surface area contributed by atoms with Crippen LogP contribution in [0.1, 0.15) is 206 Å². The fraction of sp³-hybridized carbons (Fsp3) is 0.884. The summed E-state index contributed by atoms with van der Waals surface area (Å²) >= 11 is 0. The molecule has 0 aliphatic heterocycles. The number of carbonyl (C=O) groups is 1. The Kier molecular flexibility index (Phi) is 40.3. The molecule has 0 saturated heterocycles. The highest BCUT2D eigenvalue weighted by atomic mass is 31.2. The van der Waals surface area contributed by atoms with Crippen LogP contribution >= 0.6 is 7.82 Å². The van der Waals surface area contributed by atoms with Gasteiger partial charge in [-0.15, -0.1) is 0 Å². The van der Waals surface area contributed by atoms with Crippen LogP contribution < -0.4 is 5.73 Å². The van der Waals surface area contributed by atoms with Gasteiger partial charge in [-0.3, -0.25) is 13.8 Å². The second-order valence-electron chi connectivity index (χ2n) is 14.6. The third-order valence-corrected chi connectivity index (χ3v) is 10.4. The number of hydrogen-bond acceptors (Lipinski definition) is 7. The summed E-state index contributed by atoms with van der Waals surface area (Å²) in [6.45, 7) is 4.88. The molecule has 0 heterocycles. The minimum atomic E-state index is -4.26. The Balaban J connectivity index is 3.78. The van der Waals surface area contributed by atoms with Gasteiger partial charge in [-0.25, -0.2) is 4.57 Å². The number of phosphoric ester groups is 1. The summed E-state index contributed by atoms with van der Waals surface area (Å²) in [5.74, 6) is -0.335. The summed E-state index contributed by atoms with van der Waals surface area (Å²) in [5.41, 5.74) is 5.35. The first kappa shape index (κ1) is 51.0. The first-order chi connectivity index (χ1) is 25.4. The predicted molar refractivity (Wildman–Crippen MR) is 220 cm³/mol. The molecule has 2 unspecified atom stereocenters. The van der Waals surface area contributed by atoms with Crippen molar-refractivity contribution in [3.63, 3.8) is 0 Å². The predicted octanol–water partition coefficient (Wildman–Crippen LogP) is 12.9. The van der Waals surface area contributed by atoms with Crippen LogP contribution in [0.25, 0.3) is 0 Å². The van der Waals surface area contributed by atoms with E-state index in [1.165, 1.54) is 148 Å². The van der Waals surface area contributed by atoms with Gasteiger partial charge in [-0.1, -0.05) is 179 Å². The van der Waals surface area contributed by atoms with Crippen LogP contribution in [0.4, 0.5) is 0 Å². The van der Waals surface area contributed by atoms with Gasteiger partial charge in [0.05, 0.1) is 19.8 Å². The van der Waals surface area contributed by atoms with Crippen LogP contribution in [0.2, 0.25) is 0 Å². The number of esters is 1. The van der Waals surface area contributed by atoms with E-state index in [1.54, 1.807) is 0 Å². The minimum Gasteiger partial charge on any atom is -0.457 e. The summed E-state index contributed by atoms with van der Waals surface area (Å²) in [6, 6.07) is 0. The molecule has 308 valence electrons. The van der Waals surface area contributed by atoms with Crippen molar-refractivity contribution in [1.29, 1.82) is 0 Å². The highest BCUT2D eigenvalue weighted by Gasteiger charge is 2.25. The van der Waals surface area contributed by atoms with E-state index in [1.807, 2.05) is 0 Å². The summed E-state index contributed by atoms with van der Waals surface area (Å²) in [5, 5.41) is 0. The molecule has 2 atom stereocenters. The average Bonchev–Trinajstić information content (AvgIpc) is 3.13. The minimum absolute atomic E-state index is 0.0934. The Morgan fingerprint density at radius 3 is 1.50 bits per heavy atom. The molecule has 0 radical (unpaired) electrons. The standard InChI is InChI=1S/C43H84NO7P/c1-3-5-7-9-11-12-13-14-15-16-17-18-19-20-21-22-23-24-25-26-27-28-29-31-33-35-38-48-40-42(41-50-52(46,47)49-39-37-44)51-43(45)36-34-32-30-10-8-6-4-2/h13-14,16-17,42H,3-12,15,18-41,44H2,1-2H3,(H,46,47)/b14-13-,17-16-. The number of nitrogens with two attached hydrogens (primary N) is 1. The monoisotopic (exact) mass is 758 g/mol. The summed E-state index contributed by atoms with van der Waals surface area (Å²) in [6.07, 6.45) is 45.2. The third kappa shape index (κ3) is 40.2. The Morgan fingerprint density at radius 2 is 1.02 bits per heavy atom. The fourth-order valence-electron chi connectivity index (χ4n) is 6.14. The topological polar surface area (TPSA) is 117 Å². The maximum atomic E-state index is 12.4. The fourth-order valence-corrected chi connectivity index (χ4v) is 6.91. The van der Waals surface area contributed by atoms with Crippen LogP contribution in [0.5, 0.6) is 0 Å². The number of hydrogen-bond donors (Lipinski definition) is 2. The lowest BCUT2D eigenvalue weighted by molar-refractivity contribution is -0.154. The summed E-state index contributed by atoms with van der Waals surface area (Å²) < 4.78 is 33.3. The number of rotatable bonds is 42. The van der Waals surface area contributed by atoms with Gasteiger partial charge < -0.3 is 20.1 Å². The second kappa shape index (κ2) is 41.1. The molecule has 0 fully saturated rings. The number of allylic oxidation sites excluding steroid dienone is 4. The van der Waals surface area contributed by atoms with Crippen molar-refractivity contribution in [2.75, 3.05) is 33.0 Å². The molecule has 0 aliphatic rings. The van der Waals surface area contributed by atoms with Crippen molar-refractivity contribution in [2.24, 2.45) is 5.73 Å². The number of phosphoric acid groups is 1. The molecule has 3 N–H and O–H groups in total. The van der Waals surface area contributed by atoms with Crippen molar-refractivity contribution in [1.82, 2.24) is 0 Å². The Hall–Kier alpha value is -1.02. The van der Waals surface area contributed by atoms with E-state index in [0.29, 0.717) is 13.0 Å². The highest BCUT2D eigenvalue weighted by molar-refractivity contribution is 7.47. The summed E-state index contributed by atoms with van der Waals surface area (Å²) in [7, 11) is -4.26. The molecule has 0 aromatic rings. The van der Waals surface area contributed by atoms with Gasteiger partial charge in [0.25, 0.3) is 0 Å². The lowest BCUT2D eigenvalue weighted by Gasteiger charge is -2.20. The molecule has 0 saturated carbocycles. The molecular formula is C43H84NO7P. The smallest absolute Gasteiger partial charge is 0.457 e. The Labute approximate surface area is 321 Å². The lowest BCUT2D eigenvalue weighted by atomic mass is 10.0. The lowest BCUT2D eigenvalue weighted by Crippen LogP contribution is -2.28. The molecule has 0 amide bonds. The van der Waals surface area contributed by atoms with Crippen molar-refractivity contribution in [3.8, 4) is 0 Å². The average molecular weight is 758 g/mol. The van der Waals surface area contributed by atoms with Crippen LogP contribution in [0.3, 0.4) is 0 Å². The van der Waals surface area contributed by atoms with Gasteiger partial charge >= 0.3 is 13.8 Å². The van der Waals surface area contributed by atoms with Crippen molar-refractivity contribution in [2.45, 2.75) is 213 Å². The Bertz CT molecular complexity index is 853. The zero-order valence-electron chi connectivity index (χ0n) is 34.1. The molecule has 0 aliphatic carbocycles. The number of carbonyl (C=O) groups excluding carboxylic acids is 1. The van der Waals surface area contributed by atoms with Gasteiger partial charge in [0.1, 0.15) is 6.10 Å². The van der Waals surface area contributed by atoms with Crippen LogP contribution in [0.15, 0.2) is 24.3 Å².